The Hall–Kier alpha value is -3.35. The summed E-state index contributed by atoms with van der Waals surface area (Å²) in [7, 11) is 0. The van der Waals surface area contributed by atoms with Gasteiger partial charge in [-0.25, -0.2) is 4.79 Å². The number of carboxylic acid groups (broad SMARTS) is 1. The zero-order valence-corrected chi connectivity index (χ0v) is 20.3. The average molecular weight is 479 g/mol. The quantitative estimate of drug-likeness (QED) is 0.464. The molecule has 7 nitrogen and oxygen atoms in total. The minimum atomic E-state index is -0.889. The minimum Gasteiger partial charge on any atom is -0.481 e. The van der Waals surface area contributed by atoms with Gasteiger partial charge in [0.2, 0.25) is 5.91 Å². The van der Waals surface area contributed by atoms with Gasteiger partial charge in [0.1, 0.15) is 12.6 Å². The Kier molecular flexibility index (Phi) is 7.73. The van der Waals surface area contributed by atoms with Gasteiger partial charge in [-0.1, -0.05) is 68.8 Å². The van der Waals surface area contributed by atoms with Crippen LogP contribution in [0.4, 0.5) is 4.79 Å². The van der Waals surface area contributed by atoms with Gasteiger partial charge in [0, 0.05) is 12.5 Å². The number of ether oxygens (including phenoxy) is 1. The average Bonchev–Trinajstić information content (AvgIpc) is 3.11. The van der Waals surface area contributed by atoms with E-state index in [1.165, 1.54) is 0 Å². The first-order chi connectivity index (χ1) is 16.8. The Morgan fingerprint density at radius 2 is 1.60 bits per heavy atom. The van der Waals surface area contributed by atoms with Crippen molar-refractivity contribution in [3.05, 3.63) is 59.7 Å². The molecule has 0 aromatic heterocycles. The molecule has 2 amide bonds. The predicted octanol–water partition coefficient (Wildman–Crippen LogP) is 4.56. The number of aliphatic carboxylic acids is 1. The fourth-order valence-corrected chi connectivity index (χ4v) is 5.12. The molecule has 4 rings (SSSR count). The van der Waals surface area contributed by atoms with E-state index >= 15 is 0 Å². The number of alkyl carbamates (subject to hydrolysis) is 1. The van der Waals surface area contributed by atoms with Gasteiger partial charge in [-0.15, -0.1) is 0 Å². The summed E-state index contributed by atoms with van der Waals surface area (Å²) in [5.74, 6) is -1.67. The van der Waals surface area contributed by atoms with Gasteiger partial charge < -0.3 is 20.5 Å². The number of hydrogen-bond donors (Lipinski definition) is 3. The molecule has 0 saturated heterocycles. The van der Waals surface area contributed by atoms with Crippen LogP contribution < -0.4 is 10.6 Å². The number of carbonyl (C=O) groups is 3. The van der Waals surface area contributed by atoms with E-state index in [1.54, 1.807) is 0 Å². The number of nitrogens with one attached hydrogen (secondary N) is 2. The molecule has 0 heterocycles. The summed E-state index contributed by atoms with van der Waals surface area (Å²) in [5.41, 5.74) is 4.53. The van der Waals surface area contributed by atoms with Crippen LogP contribution in [-0.4, -0.2) is 42.3 Å². The maximum atomic E-state index is 12.9. The molecule has 1 fully saturated rings. The number of carbonyl (C=O) groups excluding carboxylic acids is 2. The van der Waals surface area contributed by atoms with Crippen molar-refractivity contribution in [2.24, 2.45) is 17.8 Å². The van der Waals surface area contributed by atoms with Gasteiger partial charge in [0.25, 0.3) is 0 Å². The molecule has 1 saturated carbocycles. The Morgan fingerprint density at radius 3 is 2.11 bits per heavy atom. The number of amides is 2. The monoisotopic (exact) mass is 478 g/mol. The molecule has 2 aliphatic carbocycles. The van der Waals surface area contributed by atoms with E-state index in [0.717, 1.165) is 41.5 Å². The molecule has 35 heavy (non-hydrogen) atoms. The van der Waals surface area contributed by atoms with Crippen molar-refractivity contribution >= 4 is 18.0 Å². The van der Waals surface area contributed by atoms with Crippen molar-refractivity contribution in [1.29, 1.82) is 0 Å². The van der Waals surface area contributed by atoms with E-state index in [9.17, 15) is 19.5 Å². The highest BCUT2D eigenvalue weighted by Gasteiger charge is 2.34. The topological polar surface area (TPSA) is 105 Å². The van der Waals surface area contributed by atoms with Crippen molar-refractivity contribution in [3.8, 4) is 11.1 Å². The van der Waals surface area contributed by atoms with E-state index in [2.05, 4.69) is 34.9 Å². The van der Waals surface area contributed by atoms with E-state index in [0.29, 0.717) is 6.42 Å². The molecular weight excluding hydrogens is 444 g/mol. The van der Waals surface area contributed by atoms with Gasteiger partial charge in [-0.2, -0.15) is 0 Å². The van der Waals surface area contributed by atoms with Crippen LogP contribution in [0.2, 0.25) is 0 Å². The maximum Gasteiger partial charge on any atom is 0.407 e. The summed E-state index contributed by atoms with van der Waals surface area (Å²) in [6.07, 6.45) is 2.56. The van der Waals surface area contributed by atoms with Crippen LogP contribution in [0.15, 0.2) is 48.5 Å². The fourth-order valence-electron chi connectivity index (χ4n) is 5.12. The zero-order valence-electron chi connectivity index (χ0n) is 20.3. The van der Waals surface area contributed by atoms with Crippen LogP contribution in [0.5, 0.6) is 0 Å². The number of carboxylic acids is 1. The standard InChI is InChI=1S/C28H34N2O5/c1-17(2)14-25(26(31)29-15-23(27(32)33)18-8-7-9-18)30-28(34)35-16-24-21-12-5-3-10-19(21)20-11-4-6-13-22(20)24/h3-6,10-13,17-18,23-25H,7-9,14-16H2,1-2H3,(H,29,31)(H,30,34)(H,32,33)/t23?,25-/m0/s1. The van der Waals surface area contributed by atoms with E-state index in [1.807, 2.05) is 38.1 Å². The predicted molar refractivity (Wildman–Crippen MR) is 133 cm³/mol. The summed E-state index contributed by atoms with van der Waals surface area (Å²) in [4.78, 5) is 37.2. The summed E-state index contributed by atoms with van der Waals surface area (Å²) >= 11 is 0. The largest absolute Gasteiger partial charge is 0.481 e. The number of hydrogen-bond acceptors (Lipinski definition) is 4. The van der Waals surface area contributed by atoms with Crippen molar-refractivity contribution < 1.29 is 24.2 Å². The third-order valence-corrected chi connectivity index (χ3v) is 7.19. The van der Waals surface area contributed by atoms with Crippen LogP contribution in [-0.2, 0) is 14.3 Å². The van der Waals surface area contributed by atoms with E-state index in [-0.39, 0.29) is 36.8 Å². The second kappa shape index (κ2) is 10.9. The van der Waals surface area contributed by atoms with E-state index < -0.39 is 24.0 Å². The third-order valence-electron chi connectivity index (χ3n) is 7.19. The lowest BCUT2D eigenvalue weighted by atomic mass is 9.76. The molecule has 1 unspecified atom stereocenters. The first-order valence-corrected chi connectivity index (χ1v) is 12.5. The molecule has 2 atom stereocenters. The second-order valence-electron chi connectivity index (χ2n) is 10.0. The zero-order chi connectivity index (χ0) is 24.9. The highest BCUT2D eigenvalue weighted by Crippen LogP contribution is 2.44. The Labute approximate surface area is 206 Å². The number of rotatable bonds is 10. The van der Waals surface area contributed by atoms with Gasteiger partial charge >= 0.3 is 12.1 Å². The molecule has 2 aromatic carbocycles. The SMILES string of the molecule is CC(C)C[C@H](NC(=O)OCC1c2ccccc2-c2ccccc21)C(=O)NCC(C(=O)O)C1CCC1. The van der Waals surface area contributed by atoms with E-state index in [4.69, 9.17) is 4.74 Å². The molecule has 3 N–H and O–H groups in total. The highest BCUT2D eigenvalue weighted by atomic mass is 16.5. The Morgan fingerprint density at radius 1 is 1.00 bits per heavy atom. The lowest BCUT2D eigenvalue weighted by Crippen LogP contribution is -2.50. The second-order valence-corrected chi connectivity index (χ2v) is 10.0. The molecule has 0 aliphatic heterocycles. The Bertz CT molecular complexity index is 1030. The molecule has 2 aromatic rings. The summed E-state index contributed by atoms with van der Waals surface area (Å²) < 4.78 is 5.61. The fraction of sp³-hybridized carbons (Fsp3) is 0.464. The van der Waals surface area contributed by atoms with Gasteiger partial charge in [-0.05, 0) is 53.4 Å². The highest BCUT2D eigenvalue weighted by molar-refractivity contribution is 5.86. The van der Waals surface area contributed by atoms with Crippen molar-refractivity contribution in [3.63, 3.8) is 0 Å². The third kappa shape index (κ3) is 5.66. The smallest absolute Gasteiger partial charge is 0.407 e. The lowest BCUT2D eigenvalue weighted by Gasteiger charge is -2.31. The number of fused-ring (bicyclic) bond motifs is 3. The maximum absolute atomic E-state index is 12.9. The normalized spacial score (nSPS) is 16.5. The number of benzene rings is 2. The summed E-state index contributed by atoms with van der Waals surface area (Å²) in [6, 6.07) is 15.4. The summed E-state index contributed by atoms with van der Waals surface area (Å²) in [5, 5.41) is 15.0. The van der Waals surface area contributed by atoms with Crippen LogP contribution in [0, 0.1) is 17.8 Å². The van der Waals surface area contributed by atoms with Crippen LogP contribution in [0.1, 0.15) is 56.6 Å². The molecule has 7 heteroatoms. The molecule has 0 radical (unpaired) electrons. The van der Waals surface area contributed by atoms with Gasteiger partial charge in [0.15, 0.2) is 0 Å². The van der Waals surface area contributed by atoms with Gasteiger partial charge in [0.05, 0.1) is 5.92 Å². The summed E-state index contributed by atoms with van der Waals surface area (Å²) in [6.45, 7) is 4.17. The molecular formula is C28H34N2O5. The molecule has 0 spiro atoms. The molecule has 186 valence electrons. The van der Waals surface area contributed by atoms with Crippen molar-refractivity contribution in [1.82, 2.24) is 10.6 Å². The van der Waals surface area contributed by atoms with Crippen molar-refractivity contribution in [2.75, 3.05) is 13.2 Å². The van der Waals surface area contributed by atoms with Crippen LogP contribution in [0.3, 0.4) is 0 Å². The van der Waals surface area contributed by atoms with Crippen LogP contribution in [0.25, 0.3) is 11.1 Å². The lowest BCUT2D eigenvalue weighted by molar-refractivity contribution is -0.145. The Balaban J connectivity index is 1.36. The minimum absolute atomic E-state index is 0.0654. The molecule has 2 aliphatic rings. The van der Waals surface area contributed by atoms with Gasteiger partial charge in [-0.3, -0.25) is 9.59 Å². The first-order valence-electron chi connectivity index (χ1n) is 12.5. The van der Waals surface area contributed by atoms with Crippen LogP contribution >= 0.6 is 0 Å². The van der Waals surface area contributed by atoms with Crippen molar-refractivity contribution in [2.45, 2.75) is 51.5 Å². The first kappa shape index (κ1) is 24.8. The molecule has 0 bridgehead atoms.